The lowest BCUT2D eigenvalue weighted by Gasteiger charge is -2.15. The van der Waals surface area contributed by atoms with Crippen LogP contribution in [0.15, 0.2) is 59.5 Å². The van der Waals surface area contributed by atoms with Gasteiger partial charge in [-0.25, -0.2) is 13.6 Å². The van der Waals surface area contributed by atoms with Crippen LogP contribution < -0.4 is 10.5 Å². The zero-order valence-corrected chi connectivity index (χ0v) is 12.6. The van der Waals surface area contributed by atoms with Crippen LogP contribution in [0.2, 0.25) is 0 Å². The summed E-state index contributed by atoms with van der Waals surface area (Å²) in [5.74, 6) is -0.0675. The number of amides is 1. The molecule has 0 aliphatic heterocycles. The maximum absolute atomic E-state index is 12.5. The van der Waals surface area contributed by atoms with Crippen molar-refractivity contribution in [3.05, 3.63) is 60.2 Å². The summed E-state index contributed by atoms with van der Waals surface area (Å²) in [7, 11) is -3.72. The first kappa shape index (κ1) is 14.7. The molecule has 6 heteroatoms. The minimum Gasteiger partial charge on any atom is -0.325 e. The van der Waals surface area contributed by atoms with Gasteiger partial charge < -0.3 is 5.32 Å². The summed E-state index contributed by atoms with van der Waals surface area (Å²) in [4.78, 5) is 12.5. The molecule has 3 rings (SSSR count). The first-order valence-electron chi connectivity index (χ1n) is 6.92. The molecular formula is C16H16N2O3S. The van der Waals surface area contributed by atoms with Gasteiger partial charge in [0.05, 0.1) is 10.3 Å². The van der Waals surface area contributed by atoms with Crippen LogP contribution in [-0.2, 0) is 20.2 Å². The highest BCUT2D eigenvalue weighted by molar-refractivity contribution is 7.89. The zero-order chi connectivity index (χ0) is 15.8. The summed E-state index contributed by atoms with van der Waals surface area (Å²) >= 11 is 0. The number of nitrogens with one attached hydrogen (secondary N) is 1. The molecule has 1 saturated carbocycles. The molecule has 0 aromatic heterocycles. The van der Waals surface area contributed by atoms with Crippen molar-refractivity contribution in [3.63, 3.8) is 0 Å². The van der Waals surface area contributed by atoms with Gasteiger partial charge in [-0.1, -0.05) is 30.3 Å². The quantitative estimate of drug-likeness (QED) is 0.904. The molecule has 22 heavy (non-hydrogen) atoms. The third-order valence-corrected chi connectivity index (χ3v) is 4.88. The van der Waals surface area contributed by atoms with E-state index in [-0.39, 0.29) is 10.8 Å². The lowest BCUT2D eigenvalue weighted by atomic mass is 9.95. The van der Waals surface area contributed by atoms with Gasteiger partial charge in [-0.3, -0.25) is 4.79 Å². The third kappa shape index (κ3) is 2.75. The predicted octanol–water partition coefficient (Wildman–Crippen LogP) is 2.00. The first-order chi connectivity index (χ1) is 10.4. The maximum atomic E-state index is 12.5. The second kappa shape index (κ2) is 5.23. The van der Waals surface area contributed by atoms with E-state index in [4.69, 9.17) is 5.14 Å². The van der Waals surface area contributed by atoms with Gasteiger partial charge in [0.15, 0.2) is 0 Å². The minimum atomic E-state index is -3.72. The number of carbonyl (C=O) groups excluding carboxylic acids is 1. The topological polar surface area (TPSA) is 89.3 Å². The van der Waals surface area contributed by atoms with Crippen LogP contribution in [0, 0.1) is 0 Å². The normalized spacial score (nSPS) is 16.0. The van der Waals surface area contributed by atoms with Crippen LogP contribution in [0.25, 0.3) is 0 Å². The van der Waals surface area contributed by atoms with Crippen molar-refractivity contribution in [1.82, 2.24) is 0 Å². The van der Waals surface area contributed by atoms with E-state index < -0.39 is 15.4 Å². The molecule has 1 fully saturated rings. The fourth-order valence-electron chi connectivity index (χ4n) is 2.51. The Morgan fingerprint density at radius 2 is 1.59 bits per heavy atom. The second-order valence-electron chi connectivity index (χ2n) is 5.47. The second-order valence-corrected chi connectivity index (χ2v) is 7.03. The summed E-state index contributed by atoms with van der Waals surface area (Å²) in [6.07, 6.45) is 1.64. The van der Waals surface area contributed by atoms with E-state index in [0.717, 1.165) is 18.4 Å². The molecule has 0 unspecified atom stereocenters. The average Bonchev–Trinajstić information content (AvgIpc) is 3.29. The maximum Gasteiger partial charge on any atom is 0.238 e. The SMILES string of the molecule is NS(=O)(=O)c1ccc(NC(=O)C2(c3ccccc3)CC2)cc1. The fourth-order valence-corrected chi connectivity index (χ4v) is 3.02. The van der Waals surface area contributed by atoms with Crippen molar-refractivity contribution in [1.29, 1.82) is 0 Å². The van der Waals surface area contributed by atoms with E-state index in [0.29, 0.717) is 5.69 Å². The number of carbonyl (C=O) groups is 1. The largest absolute Gasteiger partial charge is 0.325 e. The van der Waals surface area contributed by atoms with E-state index >= 15 is 0 Å². The van der Waals surface area contributed by atoms with Crippen molar-refractivity contribution in [2.24, 2.45) is 5.14 Å². The Labute approximate surface area is 129 Å². The molecule has 0 radical (unpaired) electrons. The number of hydrogen-bond acceptors (Lipinski definition) is 3. The summed E-state index contributed by atoms with van der Waals surface area (Å²) in [6, 6.07) is 15.5. The number of primary sulfonamides is 1. The van der Waals surface area contributed by atoms with E-state index in [9.17, 15) is 13.2 Å². The standard InChI is InChI=1S/C16H16N2O3S/c17-22(20,21)14-8-6-13(7-9-14)18-15(19)16(10-11-16)12-4-2-1-3-5-12/h1-9H,10-11H2,(H,18,19)(H2,17,20,21). The van der Waals surface area contributed by atoms with Gasteiger partial charge in [0.1, 0.15) is 0 Å². The summed E-state index contributed by atoms with van der Waals surface area (Å²) < 4.78 is 22.4. The Morgan fingerprint density at radius 3 is 2.09 bits per heavy atom. The van der Waals surface area contributed by atoms with Crippen molar-refractivity contribution in [3.8, 4) is 0 Å². The third-order valence-electron chi connectivity index (χ3n) is 3.95. The van der Waals surface area contributed by atoms with Crippen molar-refractivity contribution in [2.75, 3.05) is 5.32 Å². The van der Waals surface area contributed by atoms with Crippen LogP contribution in [0.3, 0.4) is 0 Å². The minimum absolute atomic E-state index is 0.0229. The Bertz CT molecular complexity index is 795. The van der Waals surface area contributed by atoms with Crippen LogP contribution in [-0.4, -0.2) is 14.3 Å². The highest BCUT2D eigenvalue weighted by atomic mass is 32.2. The molecule has 1 aliphatic carbocycles. The van der Waals surface area contributed by atoms with Gasteiger partial charge in [-0.15, -0.1) is 0 Å². The first-order valence-corrected chi connectivity index (χ1v) is 8.46. The molecule has 0 heterocycles. The summed E-state index contributed by atoms with van der Waals surface area (Å²) in [5.41, 5.74) is 1.10. The molecule has 0 spiro atoms. The van der Waals surface area contributed by atoms with Crippen LogP contribution in [0.4, 0.5) is 5.69 Å². The zero-order valence-electron chi connectivity index (χ0n) is 11.8. The summed E-state index contributed by atoms with van der Waals surface area (Å²) in [6.45, 7) is 0. The molecule has 0 atom stereocenters. The number of rotatable bonds is 4. The van der Waals surface area contributed by atoms with Crippen LogP contribution in [0.5, 0.6) is 0 Å². The fraction of sp³-hybridized carbons (Fsp3) is 0.188. The van der Waals surface area contributed by atoms with Crippen LogP contribution in [0.1, 0.15) is 18.4 Å². The predicted molar refractivity (Wildman–Crippen MR) is 83.8 cm³/mol. The van der Waals surface area contributed by atoms with Gasteiger partial charge in [-0.05, 0) is 42.7 Å². The molecule has 0 saturated heterocycles. The molecule has 1 amide bonds. The number of anilines is 1. The number of benzene rings is 2. The van der Waals surface area contributed by atoms with E-state index in [2.05, 4.69) is 5.32 Å². The molecule has 5 nitrogen and oxygen atoms in total. The Kier molecular flexibility index (Phi) is 3.50. The molecule has 0 bridgehead atoms. The Balaban J connectivity index is 1.78. The lowest BCUT2D eigenvalue weighted by molar-refractivity contribution is -0.118. The highest BCUT2D eigenvalue weighted by Crippen LogP contribution is 2.48. The van der Waals surface area contributed by atoms with Gasteiger partial charge in [0.25, 0.3) is 0 Å². The molecule has 3 N–H and O–H groups in total. The van der Waals surface area contributed by atoms with Gasteiger partial charge in [-0.2, -0.15) is 0 Å². The van der Waals surface area contributed by atoms with E-state index in [1.165, 1.54) is 12.1 Å². The molecule has 1 aliphatic rings. The lowest BCUT2D eigenvalue weighted by Crippen LogP contribution is -2.27. The molecule has 2 aromatic carbocycles. The van der Waals surface area contributed by atoms with Crippen LogP contribution >= 0.6 is 0 Å². The smallest absolute Gasteiger partial charge is 0.238 e. The molecular weight excluding hydrogens is 300 g/mol. The molecule has 2 aromatic rings. The van der Waals surface area contributed by atoms with Crippen molar-refractivity contribution >= 4 is 21.6 Å². The van der Waals surface area contributed by atoms with Crippen molar-refractivity contribution in [2.45, 2.75) is 23.2 Å². The number of sulfonamides is 1. The van der Waals surface area contributed by atoms with E-state index in [1.807, 2.05) is 30.3 Å². The Morgan fingerprint density at radius 1 is 1.00 bits per heavy atom. The van der Waals surface area contributed by atoms with E-state index in [1.54, 1.807) is 12.1 Å². The Hall–Kier alpha value is -2.18. The van der Waals surface area contributed by atoms with Gasteiger partial charge in [0, 0.05) is 5.69 Å². The summed E-state index contributed by atoms with van der Waals surface area (Å²) in [5, 5.41) is 7.90. The monoisotopic (exact) mass is 316 g/mol. The molecule has 114 valence electrons. The van der Waals surface area contributed by atoms with Gasteiger partial charge in [0.2, 0.25) is 15.9 Å². The number of nitrogens with two attached hydrogens (primary N) is 1. The number of hydrogen-bond donors (Lipinski definition) is 2. The van der Waals surface area contributed by atoms with Gasteiger partial charge >= 0.3 is 0 Å². The average molecular weight is 316 g/mol. The van der Waals surface area contributed by atoms with Crippen molar-refractivity contribution < 1.29 is 13.2 Å². The highest BCUT2D eigenvalue weighted by Gasteiger charge is 2.51.